The van der Waals surface area contributed by atoms with Crippen molar-refractivity contribution >= 4 is 32.6 Å². The minimum Gasteiger partial charge on any atom is -0.337 e. The molecule has 4 rings (SSSR count). The molecule has 0 aliphatic rings. The third kappa shape index (κ3) is 1.64. The summed E-state index contributed by atoms with van der Waals surface area (Å²) in [6, 6.07) is 10.5. The van der Waals surface area contributed by atoms with E-state index in [0.29, 0.717) is 0 Å². The van der Waals surface area contributed by atoms with Crippen molar-refractivity contribution in [1.82, 2.24) is 15.0 Å². The molecule has 0 fully saturated rings. The molecule has 0 aliphatic carbocycles. The van der Waals surface area contributed by atoms with Gasteiger partial charge in [-0.25, -0.2) is 9.97 Å². The molecule has 3 nitrogen and oxygen atoms in total. The van der Waals surface area contributed by atoms with Gasteiger partial charge in [0.25, 0.3) is 0 Å². The van der Waals surface area contributed by atoms with Crippen molar-refractivity contribution in [2.24, 2.45) is 0 Å². The van der Waals surface area contributed by atoms with Crippen molar-refractivity contribution in [2.75, 3.05) is 0 Å². The smallest absolute Gasteiger partial charge is 0.178 e. The number of aromatic amines is 1. The molecule has 92 valence electrons. The van der Waals surface area contributed by atoms with Gasteiger partial charge in [0.2, 0.25) is 0 Å². The Morgan fingerprint density at radius 2 is 2.11 bits per heavy atom. The van der Waals surface area contributed by atoms with Gasteiger partial charge in [-0.2, -0.15) is 0 Å². The third-order valence-electron chi connectivity index (χ3n) is 3.21. The van der Waals surface area contributed by atoms with Crippen LogP contribution in [0.1, 0.15) is 5.56 Å². The normalized spacial score (nSPS) is 11.4. The number of hydrogen-bond donors (Lipinski definition) is 1. The minimum atomic E-state index is 0.774. The molecule has 0 radical (unpaired) electrons. The Kier molecular flexibility index (Phi) is 2.19. The summed E-state index contributed by atoms with van der Waals surface area (Å²) < 4.78 is 1.28. The van der Waals surface area contributed by atoms with Crippen molar-refractivity contribution in [2.45, 2.75) is 6.92 Å². The van der Waals surface area contributed by atoms with E-state index in [-0.39, 0.29) is 0 Å². The Morgan fingerprint density at radius 3 is 3.05 bits per heavy atom. The van der Waals surface area contributed by atoms with Gasteiger partial charge >= 0.3 is 0 Å². The van der Waals surface area contributed by atoms with Crippen LogP contribution in [-0.4, -0.2) is 15.0 Å². The molecule has 4 heteroatoms. The molecule has 1 aromatic carbocycles. The number of pyridine rings is 1. The number of nitrogens with zero attached hydrogens (tertiary/aromatic N) is 2. The summed E-state index contributed by atoms with van der Waals surface area (Å²) in [5.74, 6) is 0.894. The second-order valence-corrected chi connectivity index (χ2v) is 5.53. The predicted octanol–water partition coefficient (Wildman–Crippen LogP) is 4.15. The van der Waals surface area contributed by atoms with E-state index < -0.39 is 0 Å². The number of H-pyrrole nitrogens is 1. The molecule has 0 spiro atoms. The van der Waals surface area contributed by atoms with Crippen LogP contribution in [0.3, 0.4) is 0 Å². The van der Waals surface area contributed by atoms with E-state index in [9.17, 15) is 0 Å². The number of thiophene rings is 1. The summed E-state index contributed by atoms with van der Waals surface area (Å²) in [5.41, 5.74) is 4.05. The molecule has 3 aromatic heterocycles. The predicted molar refractivity (Wildman–Crippen MR) is 79.4 cm³/mol. The number of benzene rings is 1. The summed E-state index contributed by atoms with van der Waals surface area (Å²) in [6.07, 6.45) is 1.85. The van der Waals surface area contributed by atoms with E-state index >= 15 is 0 Å². The molecule has 19 heavy (non-hydrogen) atoms. The first kappa shape index (κ1) is 10.7. The highest BCUT2D eigenvalue weighted by Gasteiger charge is 2.10. The Hall–Kier alpha value is -2.20. The Balaban J connectivity index is 1.99. The van der Waals surface area contributed by atoms with Crippen LogP contribution in [0.15, 0.2) is 41.9 Å². The lowest BCUT2D eigenvalue weighted by atomic mass is 10.2. The first-order valence-electron chi connectivity index (χ1n) is 6.10. The molecule has 0 saturated heterocycles. The fraction of sp³-hybridized carbons (Fsp3) is 0.0667. The van der Waals surface area contributed by atoms with Crippen molar-refractivity contribution in [3.05, 3.63) is 47.5 Å². The highest BCUT2D eigenvalue weighted by molar-refractivity contribution is 7.17. The highest BCUT2D eigenvalue weighted by atomic mass is 32.1. The molecule has 0 atom stereocenters. The molecule has 0 bridgehead atoms. The zero-order chi connectivity index (χ0) is 12.8. The molecule has 0 aliphatic heterocycles. The number of aromatic nitrogens is 3. The fourth-order valence-corrected chi connectivity index (χ4v) is 3.24. The second kappa shape index (κ2) is 3.90. The van der Waals surface area contributed by atoms with Crippen LogP contribution in [0.25, 0.3) is 32.6 Å². The van der Waals surface area contributed by atoms with Crippen molar-refractivity contribution < 1.29 is 0 Å². The summed E-state index contributed by atoms with van der Waals surface area (Å²) in [6.45, 7) is 2.03. The molecule has 3 heterocycles. The molecule has 1 N–H and O–H groups in total. The van der Waals surface area contributed by atoms with Gasteiger partial charge in [0.15, 0.2) is 5.65 Å². The maximum Gasteiger partial charge on any atom is 0.178 e. The second-order valence-electron chi connectivity index (χ2n) is 4.61. The van der Waals surface area contributed by atoms with Gasteiger partial charge in [-0.3, -0.25) is 0 Å². The molecular weight excluding hydrogens is 254 g/mol. The molecule has 0 saturated carbocycles. The van der Waals surface area contributed by atoms with E-state index in [0.717, 1.165) is 28.1 Å². The molecular formula is C15H11N3S. The number of nitrogens with one attached hydrogen (secondary N) is 1. The third-order valence-corrected chi connectivity index (χ3v) is 4.17. The Bertz CT molecular complexity index is 889. The van der Waals surface area contributed by atoms with E-state index in [1.807, 2.05) is 13.1 Å². The lowest BCUT2D eigenvalue weighted by Crippen LogP contribution is -1.78. The van der Waals surface area contributed by atoms with Gasteiger partial charge in [-0.1, -0.05) is 18.2 Å². The largest absolute Gasteiger partial charge is 0.337 e. The SMILES string of the molecule is Cc1cnc2nc(-c3csc4ccccc34)[nH]c2c1. The maximum atomic E-state index is 4.59. The van der Waals surface area contributed by atoms with Crippen molar-refractivity contribution in [3.63, 3.8) is 0 Å². The van der Waals surface area contributed by atoms with Gasteiger partial charge in [-0.05, 0) is 24.6 Å². The van der Waals surface area contributed by atoms with Crippen LogP contribution in [0.2, 0.25) is 0 Å². The molecule has 0 unspecified atom stereocenters. The van der Waals surface area contributed by atoms with E-state index in [1.165, 1.54) is 10.1 Å². The number of hydrogen-bond acceptors (Lipinski definition) is 3. The van der Waals surface area contributed by atoms with Gasteiger partial charge in [0, 0.05) is 27.2 Å². The van der Waals surface area contributed by atoms with Gasteiger partial charge in [0.05, 0.1) is 5.52 Å². The van der Waals surface area contributed by atoms with Gasteiger partial charge in [-0.15, -0.1) is 11.3 Å². The van der Waals surface area contributed by atoms with E-state index in [2.05, 4.69) is 50.7 Å². The highest BCUT2D eigenvalue weighted by Crippen LogP contribution is 2.32. The number of rotatable bonds is 1. The Morgan fingerprint density at radius 1 is 1.21 bits per heavy atom. The number of aryl methyl sites for hydroxylation is 1. The summed E-state index contributed by atoms with van der Waals surface area (Å²) in [5, 5.41) is 3.39. The number of imidazole rings is 1. The zero-order valence-corrected chi connectivity index (χ0v) is 11.2. The van der Waals surface area contributed by atoms with Crippen LogP contribution in [0.4, 0.5) is 0 Å². The standard InChI is InChI=1S/C15H11N3S/c1-9-6-12-15(16-7-9)18-14(17-12)11-8-19-13-5-3-2-4-10(11)13/h2-8H,1H3,(H,16,17,18). The average molecular weight is 265 g/mol. The lowest BCUT2D eigenvalue weighted by Gasteiger charge is -1.93. The minimum absolute atomic E-state index is 0.774. The molecule has 4 aromatic rings. The van der Waals surface area contributed by atoms with Crippen molar-refractivity contribution in [3.8, 4) is 11.4 Å². The van der Waals surface area contributed by atoms with E-state index in [1.54, 1.807) is 11.3 Å². The Labute approximate surface area is 114 Å². The average Bonchev–Trinajstić information content (AvgIpc) is 3.00. The number of fused-ring (bicyclic) bond motifs is 2. The van der Waals surface area contributed by atoms with Crippen LogP contribution in [0.5, 0.6) is 0 Å². The van der Waals surface area contributed by atoms with E-state index in [4.69, 9.17) is 0 Å². The lowest BCUT2D eigenvalue weighted by molar-refractivity contribution is 1.28. The van der Waals surface area contributed by atoms with Gasteiger partial charge < -0.3 is 4.98 Å². The summed E-state index contributed by atoms with van der Waals surface area (Å²) in [7, 11) is 0. The summed E-state index contributed by atoms with van der Waals surface area (Å²) >= 11 is 1.74. The van der Waals surface area contributed by atoms with Crippen LogP contribution in [0, 0.1) is 6.92 Å². The topological polar surface area (TPSA) is 41.6 Å². The van der Waals surface area contributed by atoms with Crippen molar-refractivity contribution in [1.29, 1.82) is 0 Å². The van der Waals surface area contributed by atoms with Crippen LogP contribution >= 0.6 is 11.3 Å². The first-order valence-corrected chi connectivity index (χ1v) is 6.98. The fourth-order valence-electron chi connectivity index (χ4n) is 2.29. The van der Waals surface area contributed by atoms with Crippen LogP contribution in [-0.2, 0) is 0 Å². The zero-order valence-electron chi connectivity index (χ0n) is 10.3. The maximum absolute atomic E-state index is 4.59. The first-order chi connectivity index (χ1) is 9.31. The summed E-state index contributed by atoms with van der Waals surface area (Å²) in [4.78, 5) is 12.3. The van der Waals surface area contributed by atoms with Crippen LogP contribution < -0.4 is 0 Å². The quantitative estimate of drug-likeness (QED) is 0.561. The monoisotopic (exact) mass is 265 g/mol. The van der Waals surface area contributed by atoms with Gasteiger partial charge in [0.1, 0.15) is 5.82 Å². The molecule has 0 amide bonds.